The summed E-state index contributed by atoms with van der Waals surface area (Å²) in [5.74, 6) is 2.44. The number of aliphatic imine (C=N–C) groups is 1. The van der Waals surface area contributed by atoms with Crippen LogP contribution in [0.4, 0.5) is 0 Å². The van der Waals surface area contributed by atoms with E-state index >= 15 is 0 Å². The second-order valence-corrected chi connectivity index (χ2v) is 6.56. The van der Waals surface area contributed by atoms with Crippen molar-refractivity contribution in [1.29, 1.82) is 0 Å². The lowest BCUT2D eigenvalue weighted by Crippen LogP contribution is -2.68. The number of halogens is 1. The average Bonchev–Trinajstić information content (AvgIpc) is 3.10. The van der Waals surface area contributed by atoms with E-state index in [4.69, 9.17) is 23.6 Å². The summed E-state index contributed by atoms with van der Waals surface area (Å²) < 4.78 is 36.4. The van der Waals surface area contributed by atoms with Crippen LogP contribution in [0.25, 0.3) is 0 Å². The van der Waals surface area contributed by atoms with E-state index in [0.717, 1.165) is 5.75 Å². The maximum absolute atomic E-state index is 8.49. The molecular weight excluding hydrogens is 306 g/mol. The van der Waals surface area contributed by atoms with E-state index in [-0.39, 0.29) is 0 Å². The number of likely N-dealkylation sites (tertiary alicyclic amines) is 1. The quantitative estimate of drug-likeness (QED) is 0.430. The molecule has 3 rings (SSSR count). The standard InChI is InChI=1S/C11H18N3S.ClHO4/c1-2-6-13(5-1)10-9-15-11(12-10)14-7-3-4-8-14;2-1(3,4)5/h1-9H2;(H,2,3,4,5)/q+1;/p-1. The van der Waals surface area contributed by atoms with Gasteiger partial charge in [-0.1, -0.05) is 0 Å². The van der Waals surface area contributed by atoms with E-state index in [1.54, 1.807) is 0 Å². The summed E-state index contributed by atoms with van der Waals surface area (Å²) in [6.07, 6.45) is 5.39. The Hall–Kier alpha value is -0.380. The third kappa shape index (κ3) is 5.19. The minimum atomic E-state index is -4.94. The van der Waals surface area contributed by atoms with Gasteiger partial charge in [-0.25, -0.2) is 18.6 Å². The highest BCUT2D eigenvalue weighted by Crippen LogP contribution is 2.21. The molecule has 9 heteroatoms. The number of hydrogen-bond acceptors (Lipinski definition) is 6. The van der Waals surface area contributed by atoms with Crippen LogP contribution < -0.4 is 18.6 Å². The number of nitrogens with zero attached hydrogens (tertiary/aromatic N) is 3. The van der Waals surface area contributed by atoms with Crippen LogP contribution in [0.15, 0.2) is 4.99 Å². The highest BCUT2D eigenvalue weighted by atomic mass is 35.7. The van der Waals surface area contributed by atoms with Crippen LogP contribution >= 0.6 is 11.8 Å². The Morgan fingerprint density at radius 1 is 1.00 bits per heavy atom. The second kappa shape index (κ2) is 7.06. The fourth-order valence-corrected chi connectivity index (χ4v) is 3.55. The summed E-state index contributed by atoms with van der Waals surface area (Å²) in [5.41, 5.74) is 0. The molecule has 0 bridgehead atoms. The van der Waals surface area contributed by atoms with Crippen molar-refractivity contribution in [2.24, 2.45) is 4.99 Å². The van der Waals surface area contributed by atoms with E-state index in [0.29, 0.717) is 0 Å². The van der Waals surface area contributed by atoms with Gasteiger partial charge in [-0.2, -0.15) is 0 Å². The Morgan fingerprint density at radius 3 is 2.10 bits per heavy atom. The topological polar surface area (TPSA) is 111 Å². The minimum Gasteiger partial charge on any atom is -0.339 e. The highest BCUT2D eigenvalue weighted by molar-refractivity contribution is 8.14. The van der Waals surface area contributed by atoms with Crippen LogP contribution in [-0.4, -0.2) is 52.4 Å². The molecule has 2 fully saturated rings. The highest BCUT2D eigenvalue weighted by Gasteiger charge is 2.31. The van der Waals surface area contributed by atoms with Gasteiger partial charge in [0.15, 0.2) is 0 Å². The van der Waals surface area contributed by atoms with Gasteiger partial charge in [-0.05, 0) is 42.4 Å². The second-order valence-electron chi connectivity index (χ2n) is 4.87. The summed E-state index contributed by atoms with van der Waals surface area (Å²) in [7, 11) is -4.94. The molecule has 3 heterocycles. The third-order valence-corrected chi connectivity index (χ3v) is 4.41. The van der Waals surface area contributed by atoms with Crippen molar-refractivity contribution in [2.45, 2.75) is 25.7 Å². The molecule has 114 valence electrons. The summed E-state index contributed by atoms with van der Waals surface area (Å²) in [6.45, 7) is 4.90. The molecule has 0 radical (unpaired) electrons. The van der Waals surface area contributed by atoms with Gasteiger partial charge in [0.1, 0.15) is 0 Å². The fraction of sp³-hybridized carbons (Fsp3) is 0.818. The number of hydrogen-bond donors (Lipinski definition) is 0. The molecule has 3 aliphatic heterocycles. The zero-order valence-corrected chi connectivity index (χ0v) is 12.7. The number of rotatable bonds is 0. The molecule has 0 saturated carbocycles. The van der Waals surface area contributed by atoms with Crippen LogP contribution in [-0.2, 0) is 0 Å². The van der Waals surface area contributed by atoms with Gasteiger partial charge in [0.2, 0.25) is 5.84 Å². The smallest absolute Gasteiger partial charge is 0.339 e. The molecule has 2 saturated heterocycles. The molecule has 0 N–H and O–H groups in total. The van der Waals surface area contributed by atoms with Crippen molar-refractivity contribution in [3.63, 3.8) is 0 Å². The van der Waals surface area contributed by atoms with E-state index in [1.807, 2.05) is 11.8 Å². The summed E-state index contributed by atoms with van der Waals surface area (Å²) in [4.78, 5) is 7.27. The zero-order chi connectivity index (χ0) is 14.6. The van der Waals surface area contributed by atoms with E-state index in [2.05, 4.69) is 9.48 Å². The van der Waals surface area contributed by atoms with Gasteiger partial charge in [0.05, 0.1) is 18.8 Å². The Bertz CT molecular complexity index is 391. The molecule has 0 aliphatic carbocycles. The van der Waals surface area contributed by atoms with Crippen molar-refractivity contribution in [1.82, 2.24) is 4.90 Å². The zero-order valence-electron chi connectivity index (χ0n) is 11.1. The lowest BCUT2D eigenvalue weighted by atomic mass is 10.4. The normalized spacial score (nSPS) is 23.0. The molecule has 0 unspecified atom stereocenters. The Balaban J connectivity index is 0.000000257. The van der Waals surface area contributed by atoms with Crippen LogP contribution in [0.3, 0.4) is 0 Å². The molecule has 0 aromatic carbocycles. The Labute approximate surface area is 124 Å². The summed E-state index contributed by atoms with van der Waals surface area (Å²) >= 11 is 1.93. The Morgan fingerprint density at radius 2 is 1.55 bits per heavy atom. The molecule has 7 nitrogen and oxygen atoms in total. The molecule has 0 aromatic heterocycles. The average molecular weight is 324 g/mol. The minimum absolute atomic E-state index is 1.10. The van der Waals surface area contributed by atoms with Gasteiger partial charge < -0.3 is 4.90 Å². The molecule has 20 heavy (non-hydrogen) atoms. The third-order valence-electron chi connectivity index (χ3n) is 3.40. The predicted molar refractivity (Wildman–Crippen MR) is 64.9 cm³/mol. The summed E-state index contributed by atoms with van der Waals surface area (Å²) in [5, 5.41) is 1.29. The first-order valence-corrected chi connectivity index (χ1v) is 8.84. The first kappa shape index (κ1) is 16.0. The number of thioether (sulfide) groups is 1. The maximum Gasteiger partial charge on any atom is 0.357 e. The largest absolute Gasteiger partial charge is 0.357 e. The van der Waals surface area contributed by atoms with E-state index in [9.17, 15) is 0 Å². The maximum atomic E-state index is 8.49. The van der Waals surface area contributed by atoms with Gasteiger partial charge in [0.25, 0.3) is 0 Å². The van der Waals surface area contributed by atoms with Crippen molar-refractivity contribution in [3.8, 4) is 0 Å². The molecule has 3 aliphatic rings. The van der Waals surface area contributed by atoms with Crippen LogP contribution in [0.5, 0.6) is 0 Å². The molecule has 0 amide bonds. The molecular formula is C11H18ClN3O4S. The fourth-order valence-electron chi connectivity index (χ4n) is 2.51. The van der Waals surface area contributed by atoms with Crippen LogP contribution in [0.2, 0.25) is 0 Å². The van der Waals surface area contributed by atoms with Gasteiger partial charge >= 0.3 is 5.17 Å². The monoisotopic (exact) mass is 323 g/mol. The van der Waals surface area contributed by atoms with Gasteiger partial charge in [-0.3, -0.25) is 4.58 Å². The predicted octanol–water partition coefficient (Wildman–Crippen LogP) is -3.37. The van der Waals surface area contributed by atoms with Crippen molar-refractivity contribution in [3.05, 3.63) is 0 Å². The summed E-state index contributed by atoms with van der Waals surface area (Å²) in [6, 6.07) is 0. The lowest BCUT2D eigenvalue weighted by Gasteiger charge is -2.17. The van der Waals surface area contributed by atoms with Crippen molar-refractivity contribution < 1.29 is 33.5 Å². The first-order valence-electron chi connectivity index (χ1n) is 6.62. The Kier molecular flexibility index (Phi) is 5.65. The SMILES string of the molecule is C1CCN(C2=NC(=[N+]3CCCC3)SC2)C1.[O-][Cl+3]([O-])([O-])[O-]. The van der Waals surface area contributed by atoms with Gasteiger partial charge in [0, 0.05) is 13.1 Å². The van der Waals surface area contributed by atoms with E-state index < -0.39 is 10.2 Å². The molecule has 0 atom stereocenters. The first-order chi connectivity index (χ1) is 9.43. The van der Waals surface area contributed by atoms with Crippen LogP contribution in [0, 0.1) is 10.2 Å². The van der Waals surface area contributed by atoms with Crippen molar-refractivity contribution in [2.75, 3.05) is 31.9 Å². The van der Waals surface area contributed by atoms with E-state index in [1.165, 1.54) is 62.9 Å². The van der Waals surface area contributed by atoms with Crippen LogP contribution in [0.1, 0.15) is 25.7 Å². The van der Waals surface area contributed by atoms with Gasteiger partial charge in [-0.15, -0.1) is 10.2 Å². The molecule has 0 spiro atoms. The van der Waals surface area contributed by atoms with Crippen molar-refractivity contribution >= 4 is 22.8 Å². The lowest BCUT2D eigenvalue weighted by molar-refractivity contribution is -2.00. The number of amidine groups is 2. The molecule has 0 aromatic rings.